The van der Waals surface area contributed by atoms with Crippen LogP contribution in [0.5, 0.6) is 5.75 Å². The van der Waals surface area contributed by atoms with Crippen LogP contribution in [0.2, 0.25) is 0 Å². The van der Waals surface area contributed by atoms with Crippen molar-refractivity contribution in [3.8, 4) is 5.75 Å². The minimum absolute atomic E-state index is 0.0693. The molecule has 0 fully saturated rings. The van der Waals surface area contributed by atoms with Crippen molar-refractivity contribution in [2.24, 2.45) is 0 Å². The average molecular weight is 243 g/mol. The second-order valence-electron chi connectivity index (χ2n) is 4.31. The lowest BCUT2D eigenvalue weighted by Gasteiger charge is -2.27. The number of rotatable bonds is 1. The van der Waals surface area contributed by atoms with E-state index in [9.17, 15) is 9.90 Å². The van der Waals surface area contributed by atoms with Crippen molar-refractivity contribution in [3.63, 3.8) is 0 Å². The summed E-state index contributed by atoms with van der Waals surface area (Å²) in [6.45, 7) is 1.94. The number of fused-ring (bicyclic) bond motifs is 1. The van der Waals surface area contributed by atoms with E-state index in [1.807, 2.05) is 10.8 Å². The minimum Gasteiger partial charge on any atom is -0.508 e. The Labute approximate surface area is 104 Å². The average Bonchev–Trinajstić information content (AvgIpc) is 2.85. The maximum Gasteiger partial charge on any atom is 0.254 e. The molecular formula is C13H13N3O2. The molecule has 0 bridgehead atoms. The first-order chi connectivity index (χ1) is 8.74. The second-order valence-corrected chi connectivity index (χ2v) is 4.31. The van der Waals surface area contributed by atoms with Gasteiger partial charge in [-0.1, -0.05) is 6.07 Å². The van der Waals surface area contributed by atoms with Gasteiger partial charge in [-0.15, -0.1) is 0 Å². The minimum atomic E-state index is -0.0693. The molecule has 2 heterocycles. The Morgan fingerprint density at radius 2 is 2.22 bits per heavy atom. The van der Waals surface area contributed by atoms with Crippen molar-refractivity contribution in [2.75, 3.05) is 6.54 Å². The molecule has 1 aliphatic heterocycles. The molecular weight excluding hydrogens is 230 g/mol. The summed E-state index contributed by atoms with van der Waals surface area (Å²) < 4.78 is 2.05. The normalized spacial score (nSPS) is 14.3. The number of phenolic OH excluding ortho intramolecular Hbond substituents is 1. The first-order valence-electron chi connectivity index (χ1n) is 5.82. The van der Waals surface area contributed by atoms with Crippen molar-refractivity contribution in [3.05, 3.63) is 48.0 Å². The standard InChI is InChI=1S/C13H13N3O2/c17-11-3-1-2-10(8-11)13(18)16-7-6-15-5-4-14-12(15)9-16/h1-5,8,17H,6-7,9H2. The van der Waals surface area contributed by atoms with Gasteiger partial charge in [0.15, 0.2) is 0 Å². The molecule has 1 amide bonds. The number of nitrogens with zero attached hydrogens (tertiary/aromatic N) is 3. The smallest absolute Gasteiger partial charge is 0.254 e. The molecule has 1 aromatic carbocycles. The molecule has 5 nitrogen and oxygen atoms in total. The molecule has 0 spiro atoms. The zero-order chi connectivity index (χ0) is 12.5. The Kier molecular flexibility index (Phi) is 2.51. The lowest BCUT2D eigenvalue weighted by atomic mass is 10.2. The second kappa shape index (κ2) is 4.18. The number of carbonyl (C=O) groups excluding carboxylic acids is 1. The Bertz CT molecular complexity index is 591. The van der Waals surface area contributed by atoms with E-state index in [0.717, 1.165) is 12.4 Å². The summed E-state index contributed by atoms with van der Waals surface area (Å²) in [5, 5.41) is 9.40. The molecule has 0 unspecified atom stereocenters. The van der Waals surface area contributed by atoms with Gasteiger partial charge in [0, 0.05) is 31.0 Å². The van der Waals surface area contributed by atoms with Gasteiger partial charge in [-0.25, -0.2) is 4.98 Å². The van der Waals surface area contributed by atoms with Gasteiger partial charge in [-0.2, -0.15) is 0 Å². The highest BCUT2D eigenvalue weighted by atomic mass is 16.3. The summed E-state index contributed by atoms with van der Waals surface area (Å²) in [7, 11) is 0. The number of amides is 1. The first-order valence-corrected chi connectivity index (χ1v) is 5.82. The van der Waals surface area contributed by atoms with Crippen LogP contribution < -0.4 is 0 Å². The molecule has 5 heteroatoms. The van der Waals surface area contributed by atoms with Crippen LogP contribution in [0, 0.1) is 0 Å². The van der Waals surface area contributed by atoms with Crippen LogP contribution in [0.15, 0.2) is 36.7 Å². The highest BCUT2D eigenvalue weighted by Gasteiger charge is 2.22. The molecule has 0 atom stereocenters. The van der Waals surface area contributed by atoms with E-state index in [1.165, 1.54) is 6.07 Å². The van der Waals surface area contributed by atoms with Crippen molar-refractivity contribution in [2.45, 2.75) is 13.1 Å². The molecule has 0 saturated heterocycles. The van der Waals surface area contributed by atoms with E-state index in [2.05, 4.69) is 4.98 Å². The van der Waals surface area contributed by atoms with E-state index in [1.54, 1.807) is 29.3 Å². The van der Waals surface area contributed by atoms with Gasteiger partial charge in [0.05, 0.1) is 6.54 Å². The monoisotopic (exact) mass is 243 g/mol. The van der Waals surface area contributed by atoms with Crippen LogP contribution in [0.1, 0.15) is 16.2 Å². The number of aromatic hydroxyl groups is 1. The van der Waals surface area contributed by atoms with Crippen molar-refractivity contribution in [1.29, 1.82) is 0 Å². The molecule has 1 aromatic heterocycles. The summed E-state index contributed by atoms with van der Waals surface area (Å²) in [4.78, 5) is 18.2. The Balaban J connectivity index is 1.83. The number of hydrogen-bond acceptors (Lipinski definition) is 3. The largest absolute Gasteiger partial charge is 0.508 e. The van der Waals surface area contributed by atoms with Crippen LogP contribution in [-0.2, 0) is 13.1 Å². The molecule has 0 radical (unpaired) electrons. The van der Waals surface area contributed by atoms with E-state index >= 15 is 0 Å². The third-order valence-electron chi connectivity index (χ3n) is 3.13. The third kappa shape index (κ3) is 1.84. The topological polar surface area (TPSA) is 58.4 Å². The highest BCUT2D eigenvalue weighted by Crippen LogP contribution is 2.16. The van der Waals surface area contributed by atoms with Crippen molar-refractivity contribution < 1.29 is 9.90 Å². The highest BCUT2D eigenvalue weighted by molar-refractivity contribution is 5.94. The van der Waals surface area contributed by atoms with Gasteiger partial charge in [0.2, 0.25) is 0 Å². The summed E-state index contributed by atoms with van der Waals surface area (Å²) in [5.41, 5.74) is 0.509. The van der Waals surface area contributed by atoms with Crippen molar-refractivity contribution >= 4 is 5.91 Å². The fourth-order valence-electron chi connectivity index (χ4n) is 2.17. The number of phenols is 1. The number of aromatic nitrogens is 2. The van der Waals surface area contributed by atoms with E-state index in [-0.39, 0.29) is 11.7 Å². The quantitative estimate of drug-likeness (QED) is 0.820. The number of imidazole rings is 1. The fourth-order valence-corrected chi connectivity index (χ4v) is 2.17. The van der Waals surface area contributed by atoms with E-state index < -0.39 is 0 Å². The van der Waals surface area contributed by atoms with E-state index in [4.69, 9.17) is 0 Å². The van der Waals surface area contributed by atoms with Crippen LogP contribution in [0.4, 0.5) is 0 Å². The van der Waals surface area contributed by atoms with Crippen LogP contribution in [0.25, 0.3) is 0 Å². The predicted molar refractivity (Wildman–Crippen MR) is 65.1 cm³/mol. The Morgan fingerprint density at radius 1 is 1.33 bits per heavy atom. The third-order valence-corrected chi connectivity index (χ3v) is 3.13. The van der Waals surface area contributed by atoms with Crippen LogP contribution in [0.3, 0.4) is 0 Å². The zero-order valence-electron chi connectivity index (χ0n) is 9.78. The first kappa shape index (κ1) is 10.8. The SMILES string of the molecule is O=C(c1cccc(O)c1)N1CCn2ccnc2C1. The maximum absolute atomic E-state index is 12.3. The molecule has 2 aromatic rings. The summed E-state index contributed by atoms with van der Waals surface area (Å²) in [5.74, 6) is 0.939. The predicted octanol–water partition coefficient (Wildman–Crippen LogP) is 1.24. The molecule has 1 N–H and O–H groups in total. The Hall–Kier alpha value is -2.30. The lowest BCUT2D eigenvalue weighted by Crippen LogP contribution is -2.38. The molecule has 92 valence electrons. The number of benzene rings is 1. The maximum atomic E-state index is 12.3. The molecule has 0 aliphatic carbocycles. The van der Waals surface area contributed by atoms with Crippen LogP contribution >= 0.6 is 0 Å². The van der Waals surface area contributed by atoms with E-state index in [0.29, 0.717) is 18.7 Å². The van der Waals surface area contributed by atoms with Gasteiger partial charge in [-0.3, -0.25) is 4.79 Å². The van der Waals surface area contributed by atoms with Crippen LogP contribution in [-0.4, -0.2) is 32.0 Å². The summed E-state index contributed by atoms with van der Waals surface area (Å²) in [6.07, 6.45) is 3.67. The van der Waals surface area contributed by atoms with Gasteiger partial charge in [0.25, 0.3) is 5.91 Å². The number of hydrogen-bond donors (Lipinski definition) is 1. The fraction of sp³-hybridized carbons (Fsp3) is 0.231. The Morgan fingerprint density at radius 3 is 3.06 bits per heavy atom. The zero-order valence-corrected chi connectivity index (χ0v) is 9.78. The molecule has 18 heavy (non-hydrogen) atoms. The van der Waals surface area contributed by atoms with Gasteiger partial charge < -0.3 is 14.6 Å². The van der Waals surface area contributed by atoms with Gasteiger partial charge in [-0.05, 0) is 18.2 Å². The number of carbonyl (C=O) groups is 1. The molecule has 0 saturated carbocycles. The summed E-state index contributed by atoms with van der Waals surface area (Å²) >= 11 is 0. The van der Waals surface area contributed by atoms with Crippen molar-refractivity contribution in [1.82, 2.24) is 14.5 Å². The lowest BCUT2D eigenvalue weighted by molar-refractivity contribution is 0.0707. The van der Waals surface area contributed by atoms with Gasteiger partial charge >= 0.3 is 0 Å². The van der Waals surface area contributed by atoms with Gasteiger partial charge in [0.1, 0.15) is 11.6 Å². The molecule has 1 aliphatic rings. The summed E-state index contributed by atoms with van der Waals surface area (Å²) in [6, 6.07) is 6.43. The molecule has 3 rings (SSSR count).